The van der Waals surface area contributed by atoms with Gasteiger partial charge in [0.2, 0.25) is 15.9 Å². The standard InChI is InChI=1S/C24H33N3O4S/c1-26-22-5-2-18(13-19(22)14-24(26)29)23(28)12-17-10-20-3-4-21(11-17)27(20)32(30,31)15-16-6-8-25-9-7-16/h2,5,13,16-17,20-21,25H,3-4,6-12,14-15H2,1H3/t17?,20-,21+. The Morgan fingerprint density at radius 3 is 2.44 bits per heavy atom. The van der Waals surface area contributed by atoms with E-state index in [-0.39, 0.29) is 41.4 Å². The van der Waals surface area contributed by atoms with E-state index in [1.165, 1.54) is 0 Å². The predicted molar refractivity (Wildman–Crippen MR) is 123 cm³/mol. The molecule has 2 bridgehead atoms. The van der Waals surface area contributed by atoms with Gasteiger partial charge in [-0.15, -0.1) is 0 Å². The number of fused-ring (bicyclic) bond motifs is 3. The Kier molecular flexibility index (Phi) is 5.88. The third-order valence-electron chi connectivity index (χ3n) is 7.94. The second kappa shape index (κ2) is 8.54. The molecule has 4 aliphatic rings. The lowest BCUT2D eigenvalue weighted by atomic mass is 9.86. The van der Waals surface area contributed by atoms with E-state index < -0.39 is 10.0 Å². The van der Waals surface area contributed by atoms with E-state index in [1.807, 2.05) is 22.5 Å². The van der Waals surface area contributed by atoms with E-state index in [0.717, 1.165) is 62.9 Å². The number of nitrogens with zero attached hydrogens (tertiary/aromatic N) is 2. The van der Waals surface area contributed by atoms with Gasteiger partial charge in [-0.1, -0.05) is 0 Å². The van der Waals surface area contributed by atoms with E-state index in [0.29, 0.717) is 18.4 Å². The Morgan fingerprint density at radius 2 is 1.75 bits per heavy atom. The predicted octanol–water partition coefficient (Wildman–Crippen LogP) is 2.35. The van der Waals surface area contributed by atoms with Crippen LogP contribution in [0.1, 0.15) is 60.9 Å². The molecule has 4 aliphatic heterocycles. The topological polar surface area (TPSA) is 86.8 Å². The minimum atomic E-state index is -3.26. The fraction of sp³-hybridized carbons (Fsp3) is 0.667. The van der Waals surface area contributed by atoms with Crippen LogP contribution in [0.15, 0.2) is 18.2 Å². The van der Waals surface area contributed by atoms with E-state index in [9.17, 15) is 18.0 Å². The number of piperidine rings is 2. The summed E-state index contributed by atoms with van der Waals surface area (Å²) in [5.74, 6) is 0.908. The highest BCUT2D eigenvalue weighted by atomic mass is 32.2. The van der Waals surface area contributed by atoms with Crippen LogP contribution in [0.2, 0.25) is 0 Å². The van der Waals surface area contributed by atoms with Crippen LogP contribution < -0.4 is 10.2 Å². The van der Waals surface area contributed by atoms with Crippen LogP contribution in [-0.4, -0.2) is 62.4 Å². The molecule has 7 nitrogen and oxygen atoms in total. The highest BCUT2D eigenvalue weighted by Crippen LogP contribution is 2.42. The van der Waals surface area contributed by atoms with Gasteiger partial charge in [-0.2, -0.15) is 4.31 Å². The van der Waals surface area contributed by atoms with Gasteiger partial charge in [0.05, 0.1) is 12.2 Å². The van der Waals surface area contributed by atoms with Gasteiger partial charge in [0.25, 0.3) is 0 Å². The first-order valence-corrected chi connectivity index (χ1v) is 13.6. The number of carbonyl (C=O) groups excluding carboxylic acids is 2. The summed E-state index contributed by atoms with van der Waals surface area (Å²) >= 11 is 0. The van der Waals surface area contributed by atoms with Crippen molar-refractivity contribution in [1.29, 1.82) is 0 Å². The molecule has 3 atom stereocenters. The molecule has 8 heteroatoms. The maximum atomic E-state index is 13.2. The number of anilines is 1. The molecule has 1 amide bonds. The molecule has 4 heterocycles. The van der Waals surface area contributed by atoms with Crippen molar-refractivity contribution in [3.8, 4) is 0 Å². The van der Waals surface area contributed by atoms with Crippen molar-refractivity contribution in [3.63, 3.8) is 0 Å². The third kappa shape index (κ3) is 4.13. The number of benzene rings is 1. The fourth-order valence-corrected chi connectivity index (χ4v) is 8.72. The van der Waals surface area contributed by atoms with E-state index in [1.54, 1.807) is 11.9 Å². The van der Waals surface area contributed by atoms with Crippen molar-refractivity contribution >= 4 is 27.4 Å². The van der Waals surface area contributed by atoms with Crippen molar-refractivity contribution in [2.45, 2.75) is 63.5 Å². The van der Waals surface area contributed by atoms with Crippen molar-refractivity contribution < 1.29 is 18.0 Å². The molecule has 0 aliphatic carbocycles. The number of hydrogen-bond donors (Lipinski definition) is 1. The Balaban J connectivity index is 1.23. The highest BCUT2D eigenvalue weighted by molar-refractivity contribution is 7.89. The fourth-order valence-electron chi connectivity index (χ4n) is 6.32. The van der Waals surface area contributed by atoms with Crippen LogP contribution in [0.4, 0.5) is 5.69 Å². The molecule has 3 saturated heterocycles. The van der Waals surface area contributed by atoms with Gasteiger partial charge < -0.3 is 10.2 Å². The van der Waals surface area contributed by atoms with Gasteiger partial charge in [0.15, 0.2) is 5.78 Å². The molecule has 1 aromatic carbocycles. The Labute approximate surface area is 190 Å². The van der Waals surface area contributed by atoms with Gasteiger partial charge in [-0.25, -0.2) is 8.42 Å². The number of carbonyl (C=O) groups is 2. The van der Waals surface area contributed by atoms with Crippen LogP contribution >= 0.6 is 0 Å². The molecule has 0 radical (unpaired) electrons. The molecular weight excluding hydrogens is 426 g/mol. The van der Waals surface area contributed by atoms with E-state index >= 15 is 0 Å². The van der Waals surface area contributed by atoms with Gasteiger partial charge in [-0.05, 0) is 87.2 Å². The smallest absolute Gasteiger partial charge is 0.231 e. The van der Waals surface area contributed by atoms with Crippen LogP contribution in [0.3, 0.4) is 0 Å². The summed E-state index contributed by atoms with van der Waals surface area (Å²) in [4.78, 5) is 26.6. The van der Waals surface area contributed by atoms with Gasteiger partial charge in [-0.3, -0.25) is 9.59 Å². The minimum Gasteiger partial charge on any atom is -0.317 e. The number of likely N-dealkylation sites (N-methyl/N-ethyl adjacent to an activating group) is 1. The molecule has 0 aromatic heterocycles. The third-order valence-corrected chi connectivity index (χ3v) is 10.1. The van der Waals surface area contributed by atoms with Crippen LogP contribution in [0.25, 0.3) is 0 Å². The molecule has 32 heavy (non-hydrogen) atoms. The molecule has 3 fully saturated rings. The van der Waals surface area contributed by atoms with E-state index in [4.69, 9.17) is 0 Å². The maximum Gasteiger partial charge on any atom is 0.231 e. The van der Waals surface area contributed by atoms with Gasteiger partial charge in [0, 0.05) is 36.8 Å². The Hall–Kier alpha value is -1.77. The molecule has 174 valence electrons. The van der Waals surface area contributed by atoms with Crippen molar-refractivity contribution in [3.05, 3.63) is 29.3 Å². The largest absolute Gasteiger partial charge is 0.317 e. The molecule has 1 aromatic rings. The van der Waals surface area contributed by atoms with Crippen molar-refractivity contribution in [1.82, 2.24) is 9.62 Å². The summed E-state index contributed by atoms with van der Waals surface area (Å²) in [6.07, 6.45) is 6.05. The number of rotatable bonds is 6. The molecule has 5 rings (SSSR count). The zero-order valence-corrected chi connectivity index (χ0v) is 19.6. The summed E-state index contributed by atoms with van der Waals surface area (Å²) in [5, 5.41) is 3.31. The molecule has 1 unspecified atom stereocenters. The SMILES string of the molecule is CN1C(=O)Cc2cc(C(=O)CC3C[C@H]4CC[C@@H](C3)N4S(=O)(=O)CC3CCNCC3)ccc21. The number of ketones is 1. The highest BCUT2D eigenvalue weighted by Gasteiger charge is 2.47. The maximum absolute atomic E-state index is 13.2. The lowest BCUT2D eigenvalue weighted by Crippen LogP contribution is -2.49. The minimum absolute atomic E-state index is 0.0459. The van der Waals surface area contributed by atoms with Gasteiger partial charge >= 0.3 is 0 Å². The average Bonchev–Trinajstić information content (AvgIpc) is 3.21. The first kappa shape index (κ1) is 22.0. The quantitative estimate of drug-likeness (QED) is 0.660. The Bertz CT molecular complexity index is 1000. The lowest BCUT2D eigenvalue weighted by molar-refractivity contribution is -0.117. The molecule has 1 N–H and O–H groups in total. The monoisotopic (exact) mass is 459 g/mol. The Morgan fingerprint density at radius 1 is 1.06 bits per heavy atom. The number of nitrogens with one attached hydrogen (secondary N) is 1. The van der Waals surface area contributed by atoms with Gasteiger partial charge in [0.1, 0.15) is 0 Å². The summed E-state index contributed by atoms with van der Waals surface area (Å²) in [6.45, 7) is 1.81. The number of Topliss-reactive ketones (excluding diaryl/α,β-unsaturated/α-hetero) is 1. The second-order valence-corrected chi connectivity index (χ2v) is 12.0. The van der Waals surface area contributed by atoms with Crippen LogP contribution in [0, 0.1) is 11.8 Å². The van der Waals surface area contributed by atoms with Crippen molar-refractivity contribution in [2.75, 3.05) is 30.8 Å². The normalized spacial score (nSPS) is 28.8. The lowest BCUT2D eigenvalue weighted by Gasteiger charge is -2.38. The molecule has 0 spiro atoms. The summed E-state index contributed by atoms with van der Waals surface area (Å²) < 4.78 is 28.3. The second-order valence-electron chi connectivity index (χ2n) is 10.1. The average molecular weight is 460 g/mol. The molecular formula is C24H33N3O4S. The first-order valence-electron chi connectivity index (χ1n) is 12.0. The van der Waals surface area contributed by atoms with E-state index in [2.05, 4.69) is 5.32 Å². The molecule has 0 saturated carbocycles. The first-order chi connectivity index (χ1) is 15.3. The zero-order chi connectivity index (χ0) is 22.5. The zero-order valence-electron chi connectivity index (χ0n) is 18.8. The number of hydrogen-bond acceptors (Lipinski definition) is 5. The van der Waals surface area contributed by atoms with Crippen LogP contribution in [0.5, 0.6) is 0 Å². The van der Waals surface area contributed by atoms with Crippen LogP contribution in [-0.2, 0) is 21.2 Å². The summed E-state index contributed by atoms with van der Waals surface area (Å²) in [5.41, 5.74) is 2.47. The number of amides is 1. The van der Waals surface area contributed by atoms with Crippen molar-refractivity contribution in [2.24, 2.45) is 11.8 Å². The number of sulfonamides is 1. The summed E-state index contributed by atoms with van der Waals surface area (Å²) in [7, 11) is -1.49. The summed E-state index contributed by atoms with van der Waals surface area (Å²) in [6, 6.07) is 5.65.